The maximum Gasteiger partial charge on any atom is 0.130 e. The summed E-state index contributed by atoms with van der Waals surface area (Å²) in [5, 5.41) is 0. The number of methoxy groups -OCH3 is 3. The van der Waals surface area contributed by atoms with Crippen LogP contribution in [0, 0.1) is 0 Å². The van der Waals surface area contributed by atoms with Crippen LogP contribution in [-0.4, -0.2) is 46.4 Å². The lowest BCUT2D eigenvalue weighted by Crippen LogP contribution is -2.24. The fraction of sp³-hybridized carbons (Fsp3) is 0.257. The SMILES string of the molecule is CC/C(=C(\c1ccccc1)c1ccc(OCCN(C)Cc2c(OC)cc(OC)cc2OC)cc1)c1ccccc1. The Morgan fingerprint density at radius 1 is 0.650 bits per heavy atom. The molecule has 0 fully saturated rings. The van der Waals surface area contributed by atoms with Crippen molar-refractivity contribution in [3.05, 3.63) is 119 Å². The number of allylic oxidation sites excluding steroid dienone is 1. The van der Waals surface area contributed by atoms with Crippen molar-refractivity contribution in [2.75, 3.05) is 41.5 Å². The molecule has 0 atom stereocenters. The summed E-state index contributed by atoms with van der Waals surface area (Å²) in [5.74, 6) is 3.03. The van der Waals surface area contributed by atoms with Gasteiger partial charge in [0.2, 0.25) is 0 Å². The Kier molecular flexibility index (Phi) is 10.3. The molecule has 40 heavy (non-hydrogen) atoms. The lowest BCUT2D eigenvalue weighted by Gasteiger charge is -2.21. The summed E-state index contributed by atoms with van der Waals surface area (Å²) in [6, 6.07) is 33.5. The lowest BCUT2D eigenvalue weighted by atomic mass is 9.88. The molecule has 5 heteroatoms. The Labute approximate surface area is 238 Å². The Balaban J connectivity index is 1.46. The molecule has 5 nitrogen and oxygen atoms in total. The Morgan fingerprint density at radius 2 is 1.20 bits per heavy atom. The standard InChI is InChI=1S/C35H39NO4/c1-6-31(26-13-9-7-10-14-26)35(27-15-11-8-12-16-27)28-17-19-29(20-18-28)40-22-21-36(2)25-32-33(38-4)23-30(37-3)24-34(32)39-5/h7-20,23-24H,6,21-22,25H2,1-5H3/b35-31-. The van der Waals surface area contributed by atoms with Gasteiger partial charge in [-0.1, -0.05) is 79.7 Å². The molecule has 0 saturated heterocycles. The van der Waals surface area contributed by atoms with Gasteiger partial charge in [0.15, 0.2) is 0 Å². The number of ether oxygens (including phenoxy) is 4. The zero-order valence-electron chi connectivity index (χ0n) is 24.1. The first-order valence-corrected chi connectivity index (χ1v) is 13.6. The first kappa shape index (κ1) is 28.8. The lowest BCUT2D eigenvalue weighted by molar-refractivity contribution is 0.228. The molecule has 0 spiro atoms. The minimum atomic E-state index is 0.558. The molecule has 4 aromatic rings. The second-order valence-electron chi connectivity index (χ2n) is 9.56. The van der Waals surface area contributed by atoms with Gasteiger partial charge in [-0.15, -0.1) is 0 Å². The van der Waals surface area contributed by atoms with Gasteiger partial charge in [-0.2, -0.15) is 0 Å². The zero-order chi connectivity index (χ0) is 28.3. The van der Waals surface area contributed by atoms with Crippen LogP contribution in [0.25, 0.3) is 11.1 Å². The van der Waals surface area contributed by atoms with Crippen molar-refractivity contribution in [1.82, 2.24) is 4.90 Å². The van der Waals surface area contributed by atoms with Gasteiger partial charge in [0.05, 0.1) is 26.9 Å². The molecule has 0 saturated carbocycles. The molecule has 0 heterocycles. The van der Waals surface area contributed by atoms with E-state index in [2.05, 4.69) is 104 Å². The normalized spacial score (nSPS) is 11.7. The highest BCUT2D eigenvalue weighted by atomic mass is 16.5. The summed E-state index contributed by atoms with van der Waals surface area (Å²) in [4.78, 5) is 2.19. The molecular formula is C35H39NO4. The maximum absolute atomic E-state index is 6.14. The van der Waals surface area contributed by atoms with Crippen molar-refractivity contribution >= 4 is 11.1 Å². The Hall–Kier alpha value is -4.22. The van der Waals surface area contributed by atoms with Crippen molar-refractivity contribution in [3.8, 4) is 23.0 Å². The molecule has 0 amide bonds. The summed E-state index contributed by atoms with van der Waals surface area (Å²) >= 11 is 0. The highest BCUT2D eigenvalue weighted by Crippen LogP contribution is 2.36. The van der Waals surface area contributed by atoms with Gasteiger partial charge in [0.25, 0.3) is 0 Å². The van der Waals surface area contributed by atoms with Crippen molar-refractivity contribution < 1.29 is 18.9 Å². The minimum Gasteiger partial charge on any atom is -0.496 e. The van der Waals surface area contributed by atoms with Crippen LogP contribution in [0.3, 0.4) is 0 Å². The second kappa shape index (κ2) is 14.2. The summed E-state index contributed by atoms with van der Waals surface area (Å²) in [6.07, 6.45) is 0.933. The largest absolute Gasteiger partial charge is 0.496 e. The van der Waals surface area contributed by atoms with Crippen molar-refractivity contribution in [1.29, 1.82) is 0 Å². The van der Waals surface area contributed by atoms with E-state index in [1.54, 1.807) is 21.3 Å². The summed E-state index contributed by atoms with van der Waals surface area (Å²) in [7, 11) is 7.01. The topological polar surface area (TPSA) is 40.2 Å². The van der Waals surface area contributed by atoms with E-state index in [0.29, 0.717) is 18.9 Å². The predicted molar refractivity (Wildman–Crippen MR) is 163 cm³/mol. The van der Waals surface area contributed by atoms with Crippen LogP contribution in [0.5, 0.6) is 23.0 Å². The maximum atomic E-state index is 6.14. The van der Waals surface area contributed by atoms with E-state index in [9.17, 15) is 0 Å². The van der Waals surface area contributed by atoms with Crippen LogP contribution in [0.4, 0.5) is 0 Å². The molecule has 4 rings (SSSR count). The number of hydrogen-bond acceptors (Lipinski definition) is 5. The monoisotopic (exact) mass is 537 g/mol. The summed E-state index contributed by atoms with van der Waals surface area (Å²) < 4.78 is 22.7. The van der Waals surface area contributed by atoms with Crippen molar-refractivity contribution in [3.63, 3.8) is 0 Å². The molecule has 0 N–H and O–H groups in total. The predicted octanol–water partition coefficient (Wildman–Crippen LogP) is 7.59. The van der Waals surface area contributed by atoms with Gasteiger partial charge in [-0.3, -0.25) is 4.90 Å². The van der Waals surface area contributed by atoms with E-state index >= 15 is 0 Å². The number of hydrogen-bond donors (Lipinski definition) is 0. The number of nitrogens with zero attached hydrogens (tertiary/aromatic N) is 1. The Morgan fingerprint density at radius 3 is 1.73 bits per heavy atom. The van der Waals surface area contributed by atoms with E-state index in [1.807, 2.05) is 12.1 Å². The van der Waals surface area contributed by atoms with Gasteiger partial charge >= 0.3 is 0 Å². The molecule has 208 valence electrons. The van der Waals surface area contributed by atoms with Crippen LogP contribution in [0.2, 0.25) is 0 Å². The molecule has 0 bridgehead atoms. The van der Waals surface area contributed by atoms with E-state index in [4.69, 9.17) is 18.9 Å². The van der Waals surface area contributed by atoms with Crippen LogP contribution in [-0.2, 0) is 6.54 Å². The molecule has 0 aromatic heterocycles. The number of likely N-dealkylation sites (N-methyl/N-ethyl adjacent to an activating group) is 1. The molecule has 0 aliphatic rings. The molecule has 0 unspecified atom stereocenters. The fourth-order valence-electron chi connectivity index (χ4n) is 4.90. The quantitative estimate of drug-likeness (QED) is 0.164. The first-order valence-electron chi connectivity index (χ1n) is 13.6. The van der Waals surface area contributed by atoms with E-state index in [-0.39, 0.29) is 0 Å². The summed E-state index contributed by atoms with van der Waals surface area (Å²) in [6.45, 7) is 4.17. The van der Waals surface area contributed by atoms with Crippen LogP contribution < -0.4 is 18.9 Å². The van der Waals surface area contributed by atoms with Gasteiger partial charge < -0.3 is 18.9 Å². The van der Waals surface area contributed by atoms with Crippen LogP contribution in [0.15, 0.2) is 97.1 Å². The minimum absolute atomic E-state index is 0.558. The van der Waals surface area contributed by atoms with Crippen molar-refractivity contribution in [2.24, 2.45) is 0 Å². The van der Waals surface area contributed by atoms with Gasteiger partial charge in [0.1, 0.15) is 29.6 Å². The van der Waals surface area contributed by atoms with E-state index < -0.39 is 0 Å². The molecule has 0 aliphatic heterocycles. The zero-order valence-corrected chi connectivity index (χ0v) is 24.1. The van der Waals surface area contributed by atoms with Gasteiger partial charge in [0, 0.05) is 25.2 Å². The highest BCUT2D eigenvalue weighted by Gasteiger charge is 2.16. The highest BCUT2D eigenvalue weighted by molar-refractivity contribution is 5.98. The third-order valence-electron chi connectivity index (χ3n) is 6.97. The number of benzene rings is 4. The average Bonchev–Trinajstić information content (AvgIpc) is 3.01. The molecular weight excluding hydrogens is 498 g/mol. The van der Waals surface area contributed by atoms with Crippen molar-refractivity contribution in [2.45, 2.75) is 19.9 Å². The third kappa shape index (κ3) is 7.04. The first-order chi connectivity index (χ1) is 19.6. The number of rotatable bonds is 13. The smallest absolute Gasteiger partial charge is 0.130 e. The fourth-order valence-corrected chi connectivity index (χ4v) is 4.90. The third-order valence-corrected chi connectivity index (χ3v) is 6.97. The Bertz CT molecular complexity index is 1360. The van der Waals surface area contributed by atoms with Gasteiger partial charge in [-0.05, 0) is 53.4 Å². The van der Waals surface area contributed by atoms with Crippen LogP contribution >= 0.6 is 0 Å². The molecule has 0 radical (unpaired) electrons. The molecule has 4 aromatic carbocycles. The average molecular weight is 538 g/mol. The summed E-state index contributed by atoms with van der Waals surface area (Å²) in [5.41, 5.74) is 7.19. The van der Waals surface area contributed by atoms with Crippen LogP contribution in [0.1, 0.15) is 35.6 Å². The van der Waals surface area contributed by atoms with E-state index in [0.717, 1.165) is 35.8 Å². The molecule has 0 aliphatic carbocycles. The second-order valence-corrected chi connectivity index (χ2v) is 9.56. The van der Waals surface area contributed by atoms with E-state index in [1.165, 1.54) is 27.8 Å². The van der Waals surface area contributed by atoms with Gasteiger partial charge in [-0.25, -0.2) is 0 Å².